The molecular weight excluding hydrogens is 496 g/mol. The van der Waals surface area contributed by atoms with E-state index in [1.54, 1.807) is 0 Å². The minimum atomic E-state index is 0. The second kappa shape index (κ2) is 93.4. The number of hydrogen-bond donors (Lipinski definition) is 0. The third-order valence-electron chi connectivity index (χ3n) is 2.99. The fourth-order valence-electron chi connectivity index (χ4n) is 0.866. The van der Waals surface area contributed by atoms with E-state index in [1.165, 1.54) is 0 Å². The first-order valence-electron chi connectivity index (χ1n) is 12.0. The van der Waals surface area contributed by atoms with Crippen molar-refractivity contribution in [2.45, 2.75) is 119 Å². The zero-order valence-electron chi connectivity index (χ0n) is 22.6. The Morgan fingerprint density at radius 1 is 0.303 bits per heavy atom. The average molecular weight is 550 g/mol. The van der Waals surface area contributed by atoms with Crippen molar-refractivity contribution in [3.05, 3.63) is 0 Å². The van der Waals surface area contributed by atoms with Crippen LogP contribution in [0.4, 0.5) is 0 Å². The monoisotopic (exact) mass is 550 g/mol. The summed E-state index contributed by atoms with van der Waals surface area (Å²) in [6.07, 6.45) is 11.2. The van der Waals surface area contributed by atoms with Crippen molar-refractivity contribution >= 4 is 0 Å². The van der Waals surface area contributed by atoms with Gasteiger partial charge in [-0.25, -0.2) is 0 Å². The molecule has 0 aromatic carbocycles. The predicted octanol–water partition coefficient (Wildman–Crippen LogP) is 0.757. The summed E-state index contributed by atoms with van der Waals surface area (Å²) in [5, 5.41) is 57.2. The second-order valence-corrected chi connectivity index (χ2v) is 6.35. The maximum atomic E-state index is 9.53. The van der Waals surface area contributed by atoms with Crippen LogP contribution in [0.5, 0.6) is 0 Å². The zero-order chi connectivity index (χ0) is 24.7. The first-order valence-corrected chi connectivity index (χ1v) is 12.0. The molecule has 0 aliphatic carbocycles. The summed E-state index contributed by atoms with van der Waals surface area (Å²) >= 11 is 0. The Labute approximate surface area is 236 Å². The summed E-state index contributed by atoms with van der Waals surface area (Å²) in [6.45, 7) is 12.6. The molecule has 0 unspecified atom stereocenters. The largest absolute Gasteiger partial charge is 4.00 e. The predicted molar refractivity (Wildman–Crippen MR) is 119 cm³/mol. The summed E-state index contributed by atoms with van der Waals surface area (Å²) in [5.74, 6) is 0. The quantitative estimate of drug-likeness (QED) is 0.325. The number of rotatable bonds is 12. The van der Waals surface area contributed by atoms with Gasteiger partial charge in [-0.3, -0.25) is 0 Å². The van der Waals surface area contributed by atoms with Gasteiger partial charge in [-0.2, -0.15) is 0 Å². The topological polar surface area (TPSA) is 167 Å². The van der Waals surface area contributed by atoms with Gasteiger partial charge in [0.1, 0.15) is 0 Å². The molecule has 0 aromatic rings. The van der Waals surface area contributed by atoms with E-state index in [-0.39, 0.29) is 88.6 Å². The van der Waals surface area contributed by atoms with Crippen LogP contribution >= 0.6 is 0 Å². The smallest absolute Gasteiger partial charge is 2.00 e. The standard InChI is InChI=1S/6C4H9O.O.2Ti/c6*1-2-3-4-5;;;/h6*2-4H2,1H3;;;/q6*-1;-2;2*+4. The van der Waals surface area contributed by atoms with E-state index in [9.17, 15) is 30.6 Å². The second-order valence-electron chi connectivity index (χ2n) is 6.35. The summed E-state index contributed by atoms with van der Waals surface area (Å²) in [6, 6.07) is 0. The fourth-order valence-corrected chi connectivity index (χ4v) is 0.866. The molecule has 0 radical (unpaired) electrons. The molecule has 200 valence electrons. The molecule has 0 N–H and O–H groups in total. The molecule has 0 saturated carbocycles. The molecule has 0 amide bonds. The van der Waals surface area contributed by atoms with Crippen molar-refractivity contribution in [1.82, 2.24) is 0 Å². The number of hydrogen-bond acceptors (Lipinski definition) is 6. The van der Waals surface area contributed by atoms with E-state index in [1.807, 2.05) is 41.5 Å². The van der Waals surface area contributed by atoms with Crippen LogP contribution in [0.2, 0.25) is 0 Å². The molecule has 0 fully saturated rings. The van der Waals surface area contributed by atoms with Crippen molar-refractivity contribution in [2.24, 2.45) is 0 Å². The van der Waals surface area contributed by atoms with Crippen LogP contribution in [0.25, 0.3) is 0 Å². The van der Waals surface area contributed by atoms with Crippen LogP contribution in [0.15, 0.2) is 0 Å². The van der Waals surface area contributed by atoms with Crippen molar-refractivity contribution < 1.29 is 79.6 Å². The van der Waals surface area contributed by atoms with E-state index in [0.29, 0.717) is 0 Å². The first kappa shape index (κ1) is 59.3. The SMILES string of the molecule is CCCC[O-].CCCC[O-].CCCC[O-].CCCC[O-].CCCC[O-].CCCC[O-].[O-2].[Ti+4].[Ti+4]. The van der Waals surface area contributed by atoms with Crippen molar-refractivity contribution in [3.8, 4) is 0 Å². The summed E-state index contributed by atoms with van der Waals surface area (Å²) < 4.78 is 0. The van der Waals surface area contributed by atoms with Crippen molar-refractivity contribution in [3.63, 3.8) is 0 Å². The Morgan fingerprint density at radius 2 is 0.394 bits per heavy atom. The Kier molecular flexibility index (Phi) is 168. The fraction of sp³-hybridized carbons (Fsp3) is 1.00. The van der Waals surface area contributed by atoms with Gasteiger partial charge < -0.3 is 36.1 Å². The third kappa shape index (κ3) is 186. The van der Waals surface area contributed by atoms with Crippen LogP contribution in [0.1, 0.15) is 119 Å². The van der Waals surface area contributed by atoms with E-state index in [4.69, 9.17) is 0 Å². The van der Waals surface area contributed by atoms with Crippen LogP contribution < -0.4 is 30.6 Å². The van der Waals surface area contributed by atoms with Gasteiger partial charge in [-0.1, -0.05) is 119 Å². The molecule has 0 aliphatic heterocycles. The minimum Gasteiger partial charge on any atom is -2.00 e. The summed E-state index contributed by atoms with van der Waals surface area (Å²) in [4.78, 5) is 0. The Balaban J connectivity index is -0.0000000294. The van der Waals surface area contributed by atoms with Crippen molar-refractivity contribution in [1.29, 1.82) is 0 Å². The molecule has 33 heavy (non-hydrogen) atoms. The van der Waals surface area contributed by atoms with Crippen LogP contribution in [0.3, 0.4) is 0 Å². The van der Waals surface area contributed by atoms with Gasteiger partial charge in [-0.05, 0) is 0 Å². The summed E-state index contributed by atoms with van der Waals surface area (Å²) in [5.41, 5.74) is 0. The van der Waals surface area contributed by atoms with Gasteiger partial charge >= 0.3 is 43.4 Å². The molecule has 0 heterocycles. The van der Waals surface area contributed by atoms with Gasteiger partial charge in [0.25, 0.3) is 0 Å². The molecule has 9 heteroatoms. The van der Waals surface area contributed by atoms with Gasteiger partial charge in [0.2, 0.25) is 0 Å². The molecular formula is C24H54O7Ti2. The Hall–Kier alpha value is 1.15. The van der Waals surface area contributed by atoms with Crippen molar-refractivity contribution in [2.75, 3.05) is 39.6 Å². The average Bonchev–Trinajstić information content (AvgIpc) is 2.74. The van der Waals surface area contributed by atoms with Gasteiger partial charge in [0.05, 0.1) is 0 Å². The van der Waals surface area contributed by atoms with E-state index in [0.717, 1.165) is 77.0 Å². The molecule has 0 bridgehead atoms. The molecule has 0 rings (SSSR count). The third-order valence-corrected chi connectivity index (χ3v) is 2.99. The maximum Gasteiger partial charge on any atom is 4.00 e. The molecule has 0 atom stereocenters. The van der Waals surface area contributed by atoms with Gasteiger partial charge in [0, 0.05) is 0 Å². The molecule has 0 aromatic heterocycles. The molecule has 0 saturated heterocycles. The van der Waals surface area contributed by atoms with Gasteiger partial charge in [-0.15, -0.1) is 39.6 Å². The first-order chi connectivity index (χ1) is 14.5. The number of unbranched alkanes of at least 4 members (excludes halogenated alkanes) is 6. The van der Waals surface area contributed by atoms with E-state index in [2.05, 4.69) is 0 Å². The summed E-state index contributed by atoms with van der Waals surface area (Å²) in [7, 11) is 0. The van der Waals surface area contributed by atoms with E-state index < -0.39 is 0 Å². The van der Waals surface area contributed by atoms with E-state index >= 15 is 0 Å². The van der Waals surface area contributed by atoms with Crippen LogP contribution in [0, 0.1) is 0 Å². The minimum absolute atomic E-state index is 0. The zero-order valence-corrected chi connectivity index (χ0v) is 25.7. The van der Waals surface area contributed by atoms with Crippen LogP contribution in [-0.2, 0) is 48.9 Å². The Bertz CT molecular complexity index is 126. The molecule has 7 nitrogen and oxygen atoms in total. The molecule has 0 aliphatic rings. The van der Waals surface area contributed by atoms with Gasteiger partial charge in [0.15, 0.2) is 0 Å². The maximum absolute atomic E-state index is 9.53. The van der Waals surface area contributed by atoms with Crippen LogP contribution in [-0.4, -0.2) is 39.6 Å². The Morgan fingerprint density at radius 3 is 0.394 bits per heavy atom. The normalized spacial score (nSPS) is 7.64. The molecule has 0 spiro atoms.